The summed E-state index contributed by atoms with van der Waals surface area (Å²) in [5, 5.41) is 15.1. The van der Waals surface area contributed by atoms with E-state index >= 15 is 0 Å². The standard InChI is InChI=1S/C28H33N7O/c1-19(36)34-12-9-27-25(18-34)28(32-33(27)2)23-5-3-4-21-14-26(30-16-24(21)23)22-15-31-35(17-22)13-8-20-6-10-29-11-7-20/h3-5,14-17,20,29H,6-13,18H2,1-2H3. The Labute approximate surface area is 211 Å². The maximum Gasteiger partial charge on any atom is 0.219 e. The summed E-state index contributed by atoms with van der Waals surface area (Å²) in [5.74, 6) is 0.895. The molecule has 1 amide bonds. The van der Waals surface area contributed by atoms with Crippen LogP contribution in [0, 0.1) is 5.92 Å². The van der Waals surface area contributed by atoms with Crippen molar-refractivity contribution >= 4 is 16.7 Å². The summed E-state index contributed by atoms with van der Waals surface area (Å²) in [4.78, 5) is 18.8. The van der Waals surface area contributed by atoms with Gasteiger partial charge in [0.1, 0.15) is 0 Å². The average Bonchev–Trinajstić information content (AvgIpc) is 3.52. The molecule has 0 unspecified atom stereocenters. The van der Waals surface area contributed by atoms with Crippen LogP contribution in [0.4, 0.5) is 0 Å². The number of carbonyl (C=O) groups excluding carboxylic acids is 1. The molecule has 0 bridgehead atoms. The predicted molar refractivity (Wildman–Crippen MR) is 140 cm³/mol. The van der Waals surface area contributed by atoms with Gasteiger partial charge in [-0.3, -0.25) is 19.1 Å². The zero-order valence-electron chi connectivity index (χ0n) is 21.1. The van der Waals surface area contributed by atoms with Crippen LogP contribution in [0.2, 0.25) is 0 Å². The third kappa shape index (κ3) is 4.30. The van der Waals surface area contributed by atoms with Crippen molar-refractivity contribution in [1.29, 1.82) is 0 Å². The van der Waals surface area contributed by atoms with Gasteiger partial charge in [0.15, 0.2) is 0 Å². The Balaban J connectivity index is 1.28. The molecule has 1 fully saturated rings. The summed E-state index contributed by atoms with van der Waals surface area (Å²) in [6, 6.07) is 8.46. The van der Waals surface area contributed by atoms with Gasteiger partial charge in [-0.15, -0.1) is 0 Å². The van der Waals surface area contributed by atoms with E-state index in [2.05, 4.69) is 45.6 Å². The van der Waals surface area contributed by atoms with Crippen molar-refractivity contribution in [3.05, 3.63) is 54.1 Å². The fraction of sp³-hybridized carbons (Fsp3) is 0.429. The molecule has 8 nitrogen and oxygen atoms in total. The van der Waals surface area contributed by atoms with Crippen LogP contribution in [0.1, 0.15) is 37.4 Å². The largest absolute Gasteiger partial charge is 0.338 e. The number of hydrogen-bond acceptors (Lipinski definition) is 5. The van der Waals surface area contributed by atoms with E-state index in [1.165, 1.54) is 25.0 Å². The highest BCUT2D eigenvalue weighted by Gasteiger charge is 2.26. The lowest BCUT2D eigenvalue weighted by Crippen LogP contribution is -2.34. The lowest BCUT2D eigenvalue weighted by atomic mass is 9.95. The second-order valence-corrected chi connectivity index (χ2v) is 10.2. The molecule has 1 N–H and O–H groups in total. The summed E-state index contributed by atoms with van der Waals surface area (Å²) < 4.78 is 4.03. The first-order chi connectivity index (χ1) is 17.6. The van der Waals surface area contributed by atoms with E-state index in [0.29, 0.717) is 6.54 Å². The van der Waals surface area contributed by atoms with E-state index < -0.39 is 0 Å². The predicted octanol–water partition coefficient (Wildman–Crippen LogP) is 3.79. The van der Waals surface area contributed by atoms with Crippen molar-refractivity contribution in [1.82, 2.24) is 34.8 Å². The van der Waals surface area contributed by atoms with Crippen molar-refractivity contribution in [3.8, 4) is 22.5 Å². The molecule has 3 aromatic heterocycles. The van der Waals surface area contributed by atoms with Crippen molar-refractivity contribution < 1.29 is 4.79 Å². The van der Waals surface area contributed by atoms with Gasteiger partial charge >= 0.3 is 0 Å². The highest BCUT2D eigenvalue weighted by atomic mass is 16.2. The van der Waals surface area contributed by atoms with Crippen molar-refractivity contribution in [2.45, 2.75) is 45.7 Å². The molecule has 1 saturated heterocycles. The van der Waals surface area contributed by atoms with Crippen molar-refractivity contribution in [3.63, 3.8) is 0 Å². The number of nitrogens with zero attached hydrogens (tertiary/aromatic N) is 6. The Morgan fingerprint density at radius 1 is 1.19 bits per heavy atom. The fourth-order valence-corrected chi connectivity index (χ4v) is 5.72. The molecule has 4 aromatic rings. The lowest BCUT2D eigenvalue weighted by molar-refractivity contribution is -0.129. The highest BCUT2D eigenvalue weighted by Crippen LogP contribution is 2.35. The number of amides is 1. The van der Waals surface area contributed by atoms with Crippen LogP contribution >= 0.6 is 0 Å². The number of rotatable bonds is 5. The molecule has 0 radical (unpaired) electrons. The number of hydrogen-bond donors (Lipinski definition) is 1. The second-order valence-electron chi connectivity index (χ2n) is 10.2. The molecular weight excluding hydrogens is 450 g/mol. The first kappa shape index (κ1) is 22.9. The molecule has 2 aliphatic heterocycles. The molecule has 6 rings (SSSR count). The van der Waals surface area contributed by atoms with Gasteiger partial charge < -0.3 is 10.2 Å². The zero-order valence-corrected chi connectivity index (χ0v) is 21.1. The van der Waals surface area contributed by atoms with Crippen LogP contribution < -0.4 is 5.32 Å². The maximum atomic E-state index is 12.1. The van der Waals surface area contributed by atoms with Gasteiger partial charge in [-0.25, -0.2) is 0 Å². The minimum Gasteiger partial charge on any atom is -0.338 e. The van der Waals surface area contributed by atoms with Crippen molar-refractivity contribution in [2.75, 3.05) is 19.6 Å². The summed E-state index contributed by atoms with van der Waals surface area (Å²) >= 11 is 0. The molecule has 0 aliphatic carbocycles. The van der Waals surface area contributed by atoms with Crippen LogP contribution in [0.5, 0.6) is 0 Å². The van der Waals surface area contributed by atoms with E-state index in [-0.39, 0.29) is 5.91 Å². The number of nitrogens with one attached hydrogen (secondary N) is 1. The molecule has 2 aliphatic rings. The second kappa shape index (κ2) is 9.50. The van der Waals surface area contributed by atoms with Crippen LogP contribution in [-0.2, 0) is 31.4 Å². The van der Waals surface area contributed by atoms with Crippen LogP contribution in [0.3, 0.4) is 0 Å². The van der Waals surface area contributed by atoms with E-state index in [0.717, 1.165) is 77.4 Å². The lowest BCUT2D eigenvalue weighted by Gasteiger charge is -2.26. The fourth-order valence-electron chi connectivity index (χ4n) is 5.72. The van der Waals surface area contributed by atoms with Crippen LogP contribution in [0.15, 0.2) is 42.9 Å². The topological polar surface area (TPSA) is 80.9 Å². The molecule has 5 heterocycles. The molecule has 186 valence electrons. The van der Waals surface area contributed by atoms with Gasteiger partial charge in [-0.05, 0) is 49.7 Å². The summed E-state index contributed by atoms with van der Waals surface area (Å²) in [7, 11) is 2.00. The molecular formula is C28H33N7O. The minimum absolute atomic E-state index is 0.107. The summed E-state index contributed by atoms with van der Waals surface area (Å²) in [5.41, 5.74) is 6.33. The molecule has 0 spiro atoms. The Hall–Kier alpha value is -3.52. The normalized spacial score (nSPS) is 16.4. The van der Waals surface area contributed by atoms with Crippen LogP contribution in [0.25, 0.3) is 33.3 Å². The van der Waals surface area contributed by atoms with E-state index in [4.69, 9.17) is 10.1 Å². The van der Waals surface area contributed by atoms with Crippen LogP contribution in [-0.4, -0.2) is 55.0 Å². The summed E-state index contributed by atoms with van der Waals surface area (Å²) in [6.07, 6.45) is 10.5. The first-order valence-corrected chi connectivity index (χ1v) is 13.0. The first-order valence-electron chi connectivity index (χ1n) is 13.0. The molecule has 0 atom stereocenters. The zero-order chi connectivity index (χ0) is 24.6. The van der Waals surface area contributed by atoms with Gasteiger partial charge in [0.25, 0.3) is 0 Å². The van der Waals surface area contributed by atoms with Gasteiger partial charge in [-0.2, -0.15) is 10.2 Å². The van der Waals surface area contributed by atoms with Gasteiger partial charge in [0.05, 0.1) is 17.6 Å². The number of carbonyl (C=O) groups is 1. The van der Waals surface area contributed by atoms with Gasteiger partial charge in [0.2, 0.25) is 5.91 Å². The average molecular weight is 484 g/mol. The number of aromatic nitrogens is 5. The van der Waals surface area contributed by atoms with E-state index in [9.17, 15) is 4.79 Å². The third-order valence-corrected chi connectivity index (χ3v) is 7.86. The van der Waals surface area contributed by atoms with Crippen molar-refractivity contribution in [2.24, 2.45) is 13.0 Å². The summed E-state index contributed by atoms with van der Waals surface area (Å²) in [6.45, 7) is 6.20. The Bertz CT molecular complexity index is 1410. The van der Waals surface area contributed by atoms with Gasteiger partial charge in [0, 0.05) is 80.2 Å². The Morgan fingerprint density at radius 2 is 2.06 bits per heavy atom. The monoisotopic (exact) mass is 483 g/mol. The molecule has 36 heavy (non-hydrogen) atoms. The van der Waals surface area contributed by atoms with E-state index in [1.54, 1.807) is 6.92 Å². The molecule has 1 aromatic carbocycles. The minimum atomic E-state index is 0.107. The smallest absolute Gasteiger partial charge is 0.219 e. The number of aryl methyl sites for hydroxylation is 2. The maximum absolute atomic E-state index is 12.1. The number of fused-ring (bicyclic) bond motifs is 2. The number of piperidine rings is 1. The highest BCUT2D eigenvalue weighted by molar-refractivity contribution is 5.97. The third-order valence-electron chi connectivity index (χ3n) is 7.86. The Morgan fingerprint density at radius 3 is 2.89 bits per heavy atom. The molecule has 8 heteroatoms. The van der Waals surface area contributed by atoms with Gasteiger partial charge in [-0.1, -0.05) is 18.2 Å². The molecule has 0 saturated carbocycles. The Kier molecular flexibility index (Phi) is 6.05. The SMILES string of the molecule is CC(=O)N1CCc2c(c(-c3cccc4cc(-c5cnn(CCC6CCNCC6)c5)ncc34)nn2C)C1. The quantitative estimate of drug-likeness (QED) is 0.467. The van der Waals surface area contributed by atoms with E-state index in [1.807, 2.05) is 29.0 Å². The number of pyridine rings is 1. The number of benzene rings is 1.